The molecular weight excluding hydrogens is 400 g/mol. The molecule has 1 amide bonds. The molecular formula is C24H23F2N3O2. The number of carbonyl (C=O) groups excluding carboxylic acids is 2. The molecule has 2 heterocycles. The van der Waals surface area contributed by atoms with E-state index in [0.29, 0.717) is 35.8 Å². The maximum absolute atomic E-state index is 14.2. The highest BCUT2D eigenvalue weighted by Gasteiger charge is 2.42. The lowest BCUT2D eigenvalue weighted by molar-refractivity contribution is -0.118. The summed E-state index contributed by atoms with van der Waals surface area (Å²) in [5.74, 6) is -2.78. The molecule has 1 aromatic carbocycles. The zero-order valence-corrected chi connectivity index (χ0v) is 17.6. The Morgan fingerprint density at radius 1 is 1.16 bits per heavy atom. The minimum atomic E-state index is -0.869. The highest BCUT2D eigenvalue weighted by Crippen LogP contribution is 2.46. The number of dihydropyridines is 1. The van der Waals surface area contributed by atoms with E-state index in [1.807, 2.05) is 13.8 Å². The summed E-state index contributed by atoms with van der Waals surface area (Å²) in [6.07, 6.45) is 4.27. The second-order valence-corrected chi connectivity index (χ2v) is 8.79. The Kier molecular flexibility index (Phi) is 5.21. The molecule has 4 rings (SSSR count). The van der Waals surface area contributed by atoms with Gasteiger partial charge in [-0.3, -0.25) is 14.6 Å². The van der Waals surface area contributed by atoms with Crippen molar-refractivity contribution in [1.29, 1.82) is 0 Å². The molecule has 1 aliphatic heterocycles. The van der Waals surface area contributed by atoms with Crippen LogP contribution in [0, 0.1) is 17.0 Å². The van der Waals surface area contributed by atoms with Gasteiger partial charge in [-0.15, -0.1) is 0 Å². The van der Waals surface area contributed by atoms with Crippen LogP contribution in [-0.2, 0) is 9.59 Å². The number of aromatic nitrogens is 1. The maximum atomic E-state index is 14.2. The van der Waals surface area contributed by atoms with Crippen molar-refractivity contribution in [2.75, 3.05) is 5.32 Å². The van der Waals surface area contributed by atoms with Crippen LogP contribution in [-0.4, -0.2) is 16.7 Å². The Bertz CT molecular complexity index is 1140. The van der Waals surface area contributed by atoms with Crippen molar-refractivity contribution in [1.82, 2.24) is 10.3 Å². The summed E-state index contributed by atoms with van der Waals surface area (Å²) in [6.45, 7) is 5.84. The molecule has 1 aromatic heterocycles. The highest BCUT2D eigenvalue weighted by atomic mass is 19.1. The van der Waals surface area contributed by atoms with Crippen LogP contribution in [0.4, 0.5) is 14.5 Å². The number of Topliss-reactive ketones (excluding diaryl/α,β-unsaturated/α-hetero) is 1. The predicted molar refractivity (Wildman–Crippen MR) is 113 cm³/mol. The van der Waals surface area contributed by atoms with Crippen LogP contribution in [0.25, 0.3) is 0 Å². The maximum Gasteiger partial charge on any atom is 0.254 e. The van der Waals surface area contributed by atoms with Crippen molar-refractivity contribution in [3.05, 3.63) is 82.5 Å². The molecule has 2 aliphatic rings. The van der Waals surface area contributed by atoms with Gasteiger partial charge in [-0.25, -0.2) is 8.78 Å². The fraction of sp³-hybridized carbons (Fsp3) is 0.292. The van der Waals surface area contributed by atoms with Gasteiger partial charge < -0.3 is 10.6 Å². The summed E-state index contributed by atoms with van der Waals surface area (Å²) in [6, 6.07) is 6.50. The Hall–Kier alpha value is -3.35. The summed E-state index contributed by atoms with van der Waals surface area (Å²) in [4.78, 5) is 30.5. The van der Waals surface area contributed by atoms with Crippen LogP contribution in [0.1, 0.15) is 45.1 Å². The number of nitrogens with zero attached hydrogens (tertiary/aromatic N) is 1. The number of anilines is 1. The van der Waals surface area contributed by atoms with E-state index in [4.69, 9.17) is 0 Å². The molecule has 160 valence electrons. The fourth-order valence-electron chi connectivity index (χ4n) is 4.41. The first-order valence-corrected chi connectivity index (χ1v) is 10.1. The van der Waals surface area contributed by atoms with E-state index >= 15 is 0 Å². The molecule has 1 unspecified atom stereocenters. The van der Waals surface area contributed by atoms with E-state index in [-0.39, 0.29) is 16.9 Å². The number of halogens is 2. The normalized spacial score (nSPS) is 20.3. The van der Waals surface area contributed by atoms with Gasteiger partial charge in [0, 0.05) is 53.3 Å². The molecule has 5 nitrogen and oxygen atoms in total. The molecule has 1 atom stereocenters. The molecule has 0 saturated heterocycles. The fourth-order valence-corrected chi connectivity index (χ4v) is 4.41. The van der Waals surface area contributed by atoms with E-state index in [0.717, 1.165) is 17.3 Å². The predicted octanol–water partition coefficient (Wildman–Crippen LogP) is 4.60. The molecule has 0 spiro atoms. The second kappa shape index (κ2) is 7.72. The van der Waals surface area contributed by atoms with Crippen LogP contribution in [0.3, 0.4) is 0 Å². The summed E-state index contributed by atoms with van der Waals surface area (Å²) in [5, 5.41) is 5.79. The van der Waals surface area contributed by atoms with Gasteiger partial charge in [-0.05, 0) is 48.6 Å². The number of ketones is 1. The van der Waals surface area contributed by atoms with Gasteiger partial charge in [0.05, 0.1) is 5.69 Å². The SMILES string of the molecule is CC1=C(C(=O)Nc2ccc(F)cc2F)C(c2ccncc2)C2=C(CC(C)(C)CC2=O)N1. The van der Waals surface area contributed by atoms with Crippen molar-refractivity contribution < 1.29 is 18.4 Å². The van der Waals surface area contributed by atoms with Crippen molar-refractivity contribution >= 4 is 17.4 Å². The first kappa shape index (κ1) is 20.9. The van der Waals surface area contributed by atoms with Crippen LogP contribution in [0.15, 0.2) is 65.3 Å². The summed E-state index contributed by atoms with van der Waals surface area (Å²) in [7, 11) is 0. The van der Waals surface area contributed by atoms with E-state index < -0.39 is 23.5 Å². The third-order valence-corrected chi connectivity index (χ3v) is 5.70. The number of carbonyl (C=O) groups is 2. The van der Waals surface area contributed by atoms with Gasteiger partial charge in [0.1, 0.15) is 11.6 Å². The number of hydrogen-bond acceptors (Lipinski definition) is 4. The smallest absolute Gasteiger partial charge is 0.254 e. The van der Waals surface area contributed by atoms with Crippen LogP contribution in [0.2, 0.25) is 0 Å². The molecule has 0 radical (unpaired) electrons. The molecule has 0 bridgehead atoms. The first-order valence-electron chi connectivity index (χ1n) is 10.1. The van der Waals surface area contributed by atoms with Crippen molar-refractivity contribution in [2.45, 2.75) is 39.5 Å². The van der Waals surface area contributed by atoms with E-state index in [1.165, 1.54) is 6.07 Å². The number of amides is 1. The van der Waals surface area contributed by atoms with Gasteiger partial charge in [0.2, 0.25) is 0 Å². The number of hydrogen-bond donors (Lipinski definition) is 2. The zero-order valence-electron chi connectivity index (χ0n) is 17.6. The van der Waals surface area contributed by atoms with Gasteiger partial charge in [0.25, 0.3) is 5.91 Å². The van der Waals surface area contributed by atoms with Crippen LogP contribution in [0.5, 0.6) is 0 Å². The lowest BCUT2D eigenvalue weighted by atomic mass is 9.68. The van der Waals surface area contributed by atoms with Crippen molar-refractivity contribution in [2.24, 2.45) is 5.41 Å². The van der Waals surface area contributed by atoms with Crippen LogP contribution < -0.4 is 10.6 Å². The molecule has 1 aliphatic carbocycles. The molecule has 2 N–H and O–H groups in total. The van der Waals surface area contributed by atoms with E-state index in [2.05, 4.69) is 15.6 Å². The Morgan fingerprint density at radius 3 is 2.55 bits per heavy atom. The molecule has 7 heteroatoms. The number of allylic oxidation sites excluding steroid dienone is 3. The number of nitrogens with one attached hydrogen (secondary N) is 2. The third kappa shape index (κ3) is 4.00. The van der Waals surface area contributed by atoms with Gasteiger partial charge in [-0.2, -0.15) is 0 Å². The third-order valence-electron chi connectivity index (χ3n) is 5.70. The molecule has 0 fully saturated rings. The molecule has 2 aromatic rings. The molecule has 31 heavy (non-hydrogen) atoms. The standard InChI is InChI=1S/C24H23F2N3O2/c1-13-20(23(31)29-17-5-4-15(25)10-16(17)26)21(14-6-8-27-9-7-14)22-18(28-13)11-24(2,3)12-19(22)30/h4-10,21,28H,11-12H2,1-3H3,(H,29,31). The average Bonchev–Trinajstić information content (AvgIpc) is 2.68. The quantitative estimate of drug-likeness (QED) is 0.757. The van der Waals surface area contributed by atoms with Crippen LogP contribution >= 0.6 is 0 Å². The minimum absolute atomic E-state index is 0.0219. The number of pyridine rings is 1. The second-order valence-electron chi connectivity index (χ2n) is 8.79. The first-order chi connectivity index (χ1) is 14.7. The number of rotatable bonds is 3. The largest absolute Gasteiger partial charge is 0.362 e. The van der Waals surface area contributed by atoms with Crippen molar-refractivity contribution in [3.8, 4) is 0 Å². The average molecular weight is 423 g/mol. The summed E-state index contributed by atoms with van der Waals surface area (Å²) >= 11 is 0. The molecule has 0 saturated carbocycles. The zero-order chi connectivity index (χ0) is 22.3. The lowest BCUT2D eigenvalue weighted by Gasteiger charge is -2.39. The topological polar surface area (TPSA) is 71.1 Å². The lowest BCUT2D eigenvalue weighted by Crippen LogP contribution is -2.39. The van der Waals surface area contributed by atoms with Gasteiger partial charge in [-0.1, -0.05) is 13.8 Å². The van der Waals surface area contributed by atoms with Gasteiger partial charge >= 0.3 is 0 Å². The summed E-state index contributed by atoms with van der Waals surface area (Å²) in [5.41, 5.74) is 2.71. The Labute approximate surface area is 179 Å². The Balaban J connectivity index is 1.79. The Morgan fingerprint density at radius 2 is 1.87 bits per heavy atom. The van der Waals surface area contributed by atoms with Crippen molar-refractivity contribution in [3.63, 3.8) is 0 Å². The summed E-state index contributed by atoms with van der Waals surface area (Å²) < 4.78 is 27.4. The van der Waals surface area contributed by atoms with E-state index in [1.54, 1.807) is 31.5 Å². The highest BCUT2D eigenvalue weighted by molar-refractivity contribution is 6.10. The number of benzene rings is 1. The minimum Gasteiger partial charge on any atom is -0.362 e. The monoisotopic (exact) mass is 423 g/mol. The van der Waals surface area contributed by atoms with E-state index in [9.17, 15) is 18.4 Å². The van der Waals surface area contributed by atoms with Gasteiger partial charge in [0.15, 0.2) is 5.78 Å².